The van der Waals surface area contributed by atoms with E-state index >= 15 is 0 Å². The highest BCUT2D eigenvalue weighted by Crippen LogP contribution is 2.27. The van der Waals surface area contributed by atoms with Gasteiger partial charge in [-0.15, -0.1) is 0 Å². The lowest BCUT2D eigenvalue weighted by Crippen LogP contribution is -2.48. The number of hydrogen-bond acceptors (Lipinski definition) is 3. The van der Waals surface area contributed by atoms with E-state index in [-0.39, 0.29) is 0 Å². The van der Waals surface area contributed by atoms with E-state index in [4.69, 9.17) is 11.6 Å². The fourth-order valence-electron chi connectivity index (χ4n) is 2.82. The third-order valence-corrected chi connectivity index (χ3v) is 4.69. The molecule has 0 aromatic heterocycles. The van der Waals surface area contributed by atoms with Gasteiger partial charge in [0.25, 0.3) is 0 Å². The second-order valence-corrected chi connectivity index (χ2v) is 7.04. The highest BCUT2D eigenvalue weighted by Gasteiger charge is 2.24. The van der Waals surface area contributed by atoms with Gasteiger partial charge in [0.1, 0.15) is 0 Å². The Morgan fingerprint density at radius 3 is 2.38 bits per heavy atom. The van der Waals surface area contributed by atoms with Crippen LogP contribution in [0.3, 0.4) is 0 Å². The fraction of sp³-hybridized carbons (Fsp3) is 0.647. The summed E-state index contributed by atoms with van der Waals surface area (Å²) in [5.74, 6) is 0. The molecule has 0 saturated carbocycles. The van der Waals surface area contributed by atoms with E-state index in [0.29, 0.717) is 6.04 Å². The molecule has 1 aromatic carbocycles. The van der Waals surface area contributed by atoms with E-state index in [1.165, 1.54) is 5.56 Å². The Morgan fingerprint density at radius 2 is 1.81 bits per heavy atom. The topological polar surface area (TPSA) is 26.7 Å². The Bertz CT molecular complexity index is 450. The average Bonchev–Trinajstić information content (AvgIpc) is 2.45. The molecule has 0 aliphatic carbocycles. The summed E-state index contributed by atoms with van der Waals surface area (Å²) in [6.07, 6.45) is 0.826. The summed E-state index contributed by atoms with van der Waals surface area (Å²) in [5.41, 5.74) is 0.645. The van der Waals surface area contributed by atoms with Gasteiger partial charge in [-0.05, 0) is 38.8 Å². The molecule has 21 heavy (non-hydrogen) atoms. The van der Waals surface area contributed by atoms with Crippen molar-refractivity contribution in [1.29, 1.82) is 0 Å². The van der Waals surface area contributed by atoms with Crippen molar-refractivity contribution in [3.05, 3.63) is 34.9 Å². The number of aliphatic hydroxyl groups is 1. The molecule has 1 N–H and O–H groups in total. The van der Waals surface area contributed by atoms with E-state index in [9.17, 15) is 5.11 Å². The van der Waals surface area contributed by atoms with Crippen LogP contribution in [0.15, 0.2) is 24.3 Å². The zero-order valence-corrected chi connectivity index (χ0v) is 14.1. The first-order valence-electron chi connectivity index (χ1n) is 7.80. The molecule has 1 aromatic rings. The average molecular weight is 311 g/mol. The van der Waals surface area contributed by atoms with Crippen LogP contribution in [0.25, 0.3) is 0 Å². The third kappa shape index (κ3) is 4.96. The minimum Gasteiger partial charge on any atom is -0.390 e. The number of hydrogen-bond donors (Lipinski definition) is 1. The Morgan fingerprint density at radius 1 is 1.19 bits per heavy atom. The quantitative estimate of drug-likeness (QED) is 0.905. The first-order valence-corrected chi connectivity index (χ1v) is 8.18. The van der Waals surface area contributed by atoms with E-state index in [0.717, 1.165) is 44.2 Å². The Balaban J connectivity index is 1.85. The van der Waals surface area contributed by atoms with Crippen molar-refractivity contribution in [2.24, 2.45) is 0 Å². The van der Waals surface area contributed by atoms with Crippen molar-refractivity contribution in [2.45, 2.75) is 38.8 Å². The fourth-order valence-corrected chi connectivity index (χ4v) is 3.11. The van der Waals surface area contributed by atoms with Crippen LogP contribution in [-0.2, 0) is 0 Å². The van der Waals surface area contributed by atoms with Crippen molar-refractivity contribution in [2.75, 3.05) is 32.7 Å². The molecule has 1 atom stereocenters. The number of nitrogens with zero attached hydrogens (tertiary/aromatic N) is 2. The largest absolute Gasteiger partial charge is 0.390 e. The van der Waals surface area contributed by atoms with Crippen molar-refractivity contribution in [3.8, 4) is 0 Å². The van der Waals surface area contributed by atoms with Crippen molar-refractivity contribution in [3.63, 3.8) is 0 Å². The second kappa shape index (κ2) is 7.10. The molecule has 4 heteroatoms. The van der Waals surface area contributed by atoms with Gasteiger partial charge in [0.05, 0.1) is 5.60 Å². The zero-order valence-electron chi connectivity index (χ0n) is 13.3. The lowest BCUT2D eigenvalue weighted by atomic mass is 10.0. The molecule has 1 fully saturated rings. The van der Waals surface area contributed by atoms with Crippen LogP contribution >= 0.6 is 11.6 Å². The molecule has 1 unspecified atom stereocenters. The predicted octanol–water partition coefficient (Wildman–Crippen LogP) is 3.18. The van der Waals surface area contributed by atoms with E-state index in [1.54, 1.807) is 0 Å². The lowest BCUT2D eigenvalue weighted by Gasteiger charge is -2.39. The molecule has 0 amide bonds. The monoisotopic (exact) mass is 310 g/mol. The number of rotatable bonds is 5. The van der Waals surface area contributed by atoms with E-state index < -0.39 is 5.60 Å². The van der Waals surface area contributed by atoms with Crippen LogP contribution in [0.5, 0.6) is 0 Å². The van der Waals surface area contributed by atoms with Gasteiger partial charge in [-0.25, -0.2) is 0 Å². The summed E-state index contributed by atoms with van der Waals surface area (Å²) in [7, 11) is 0. The van der Waals surface area contributed by atoms with Crippen LogP contribution < -0.4 is 0 Å². The van der Waals surface area contributed by atoms with Gasteiger partial charge in [-0.3, -0.25) is 4.90 Å². The SMILES string of the molecule is CC(c1ccccc1Cl)N1CCN(CCC(C)(C)O)CC1. The first kappa shape index (κ1) is 16.8. The number of piperazine rings is 1. The summed E-state index contributed by atoms with van der Waals surface area (Å²) >= 11 is 6.30. The van der Waals surface area contributed by atoms with E-state index in [1.807, 2.05) is 26.0 Å². The van der Waals surface area contributed by atoms with Crippen LogP contribution in [0, 0.1) is 0 Å². The van der Waals surface area contributed by atoms with Crippen molar-refractivity contribution in [1.82, 2.24) is 9.80 Å². The Hall–Kier alpha value is -0.610. The maximum Gasteiger partial charge on any atom is 0.0603 e. The summed E-state index contributed by atoms with van der Waals surface area (Å²) < 4.78 is 0. The van der Waals surface area contributed by atoms with Gasteiger partial charge in [0.2, 0.25) is 0 Å². The van der Waals surface area contributed by atoms with Gasteiger partial charge in [-0.1, -0.05) is 29.8 Å². The lowest BCUT2D eigenvalue weighted by molar-refractivity contribution is 0.0427. The van der Waals surface area contributed by atoms with Gasteiger partial charge < -0.3 is 10.0 Å². The zero-order chi connectivity index (χ0) is 15.5. The molecule has 1 saturated heterocycles. The second-order valence-electron chi connectivity index (χ2n) is 6.64. The molecular formula is C17H27ClN2O. The Kier molecular flexibility index (Phi) is 5.67. The number of benzene rings is 1. The molecule has 0 bridgehead atoms. The first-order chi connectivity index (χ1) is 9.87. The maximum absolute atomic E-state index is 9.82. The number of halogens is 1. The smallest absolute Gasteiger partial charge is 0.0603 e. The summed E-state index contributed by atoms with van der Waals surface area (Å²) in [6.45, 7) is 11.2. The predicted molar refractivity (Wildman–Crippen MR) is 88.8 cm³/mol. The van der Waals surface area contributed by atoms with Gasteiger partial charge >= 0.3 is 0 Å². The maximum atomic E-state index is 9.82. The summed E-state index contributed by atoms with van der Waals surface area (Å²) in [4.78, 5) is 4.93. The van der Waals surface area contributed by atoms with E-state index in [2.05, 4.69) is 28.9 Å². The highest BCUT2D eigenvalue weighted by atomic mass is 35.5. The summed E-state index contributed by atoms with van der Waals surface area (Å²) in [6, 6.07) is 8.47. The van der Waals surface area contributed by atoms with Crippen LogP contribution in [-0.4, -0.2) is 53.2 Å². The molecule has 118 valence electrons. The minimum atomic E-state index is -0.567. The molecule has 1 aliphatic rings. The van der Waals surface area contributed by atoms with Gasteiger partial charge in [0, 0.05) is 43.8 Å². The highest BCUT2D eigenvalue weighted by molar-refractivity contribution is 6.31. The molecule has 3 nitrogen and oxygen atoms in total. The molecule has 2 rings (SSSR count). The molecule has 0 spiro atoms. The van der Waals surface area contributed by atoms with Crippen molar-refractivity contribution >= 4 is 11.6 Å². The normalized spacial score (nSPS) is 19.7. The molecular weight excluding hydrogens is 284 g/mol. The van der Waals surface area contributed by atoms with Gasteiger partial charge in [-0.2, -0.15) is 0 Å². The summed E-state index contributed by atoms with van der Waals surface area (Å²) in [5, 5.41) is 10.7. The van der Waals surface area contributed by atoms with Crippen LogP contribution in [0.2, 0.25) is 5.02 Å². The van der Waals surface area contributed by atoms with Crippen LogP contribution in [0.4, 0.5) is 0 Å². The Labute approximate surface area is 133 Å². The molecule has 0 radical (unpaired) electrons. The minimum absolute atomic E-state index is 0.357. The molecule has 1 aliphatic heterocycles. The third-order valence-electron chi connectivity index (χ3n) is 4.35. The van der Waals surface area contributed by atoms with Crippen molar-refractivity contribution < 1.29 is 5.11 Å². The standard InChI is InChI=1S/C17H27ClN2O/c1-14(15-6-4-5-7-16(15)18)20-12-10-19(11-13-20)9-8-17(2,3)21/h4-7,14,21H,8-13H2,1-3H3. The van der Waals surface area contributed by atoms with Crippen LogP contribution in [0.1, 0.15) is 38.8 Å². The van der Waals surface area contributed by atoms with Gasteiger partial charge in [0.15, 0.2) is 0 Å². The molecule has 1 heterocycles.